The first kappa shape index (κ1) is 14.0. The van der Waals surface area contributed by atoms with Crippen molar-refractivity contribution in [2.24, 2.45) is 5.92 Å². The maximum Gasteiger partial charge on any atom is 0.0363 e. The molecule has 1 unspecified atom stereocenters. The number of hydrogen-bond acceptors (Lipinski definition) is 2. The van der Waals surface area contributed by atoms with Gasteiger partial charge in [-0.05, 0) is 44.0 Å². The summed E-state index contributed by atoms with van der Waals surface area (Å²) >= 11 is 0. The SMILES string of the molecule is CNC(C)c1ccc(N(C)CCC(C)C)cc1. The van der Waals surface area contributed by atoms with Crippen LogP contribution in [0.25, 0.3) is 0 Å². The summed E-state index contributed by atoms with van der Waals surface area (Å²) in [6.45, 7) is 7.84. The second kappa shape index (κ2) is 6.65. The molecule has 0 aliphatic heterocycles. The first-order valence-electron chi connectivity index (χ1n) is 6.53. The topological polar surface area (TPSA) is 15.3 Å². The Kier molecular flexibility index (Phi) is 5.49. The fourth-order valence-corrected chi connectivity index (χ4v) is 1.77. The lowest BCUT2D eigenvalue weighted by molar-refractivity contribution is 0.585. The van der Waals surface area contributed by atoms with E-state index in [0.29, 0.717) is 6.04 Å². The van der Waals surface area contributed by atoms with E-state index in [2.05, 4.69) is 62.3 Å². The van der Waals surface area contributed by atoms with E-state index in [4.69, 9.17) is 0 Å². The maximum atomic E-state index is 3.26. The summed E-state index contributed by atoms with van der Waals surface area (Å²) in [6, 6.07) is 9.27. The molecule has 0 saturated carbocycles. The molecule has 2 heteroatoms. The number of hydrogen-bond donors (Lipinski definition) is 1. The standard InChI is InChI=1S/C15H26N2/c1-12(2)10-11-17(5)15-8-6-14(7-9-15)13(3)16-4/h6-9,12-13,16H,10-11H2,1-5H3. The van der Waals surface area contributed by atoms with Crippen molar-refractivity contribution in [3.8, 4) is 0 Å². The van der Waals surface area contributed by atoms with Crippen molar-refractivity contribution < 1.29 is 0 Å². The molecule has 1 aromatic carbocycles. The molecule has 1 N–H and O–H groups in total. The maximum absolute atomic E-state index is 3.26. The highest BCUT2D eigenvalue weighted by atomic mass is 15.1. The van der Waals surface area contributed by atoms with Crippen LogP contribution in [0, 0.1) is 5.92 Å². The molecule has 1 aromatic rings. The third kappa shape index (κ3) is 4.39. The molecule has 0 aromatic heterocycles. The second-order valence-corrected chi connectivity index (χ2v) is 5.21. The number of nitrogens with zero attached hydrogens (tertiary/aromatic N) is 1. The van der Waals surface area contributed by atoms with Gasteiger partial charge in [0.25, 0.3) is 0 Å². The van der Waals surface area contributed by atoms with Crippen molar-refractivity contribution in [2.45, 2.75) is 33.2 Å². The van der Waals surface area contributed by atoms with Crippen LogP contribution in [0.5, 0.6) is 0 Å². The smallest absolute Gasteiger partial charge is 0.0363 e. The lowest BCUT2D eigenvalue weighted by Crippen LogP contribution is -2.20. The van der Waals surface area contributed by atoms with Gasteiger partial charge in [-0.3, -0.25) is 0 Å². The van der Waals surface area contributed by atoms with Crippen molar-refractivity contribution in [1.82, 2.24) is 5.32 Å². The van der Waals surface area contributed by atoms with Crippen molar-refractivity contribution in [3.63, 3.8) is 0 Å². The van der Waals surface area contributed by atoms with Crippen LogP contribution in [0.15, 0.2) is 24.3 Å². The zero-order valence-electron chi connectivity index (χ0n) is 11.8. The lowest BCUT2D eigenvalue weighted by Gasteiger charge is -2.21. The van der Waals surface area contributed by atoms with Crippen LogP contribution in [0.3, 0.4) is 0 Å². The molecular weight excluding hydrogens is 208 g/mol. The normalized spacial score (nSPS) is 12.8. The Bertz CT molecular complexity index is 316. The van der Waals surface area contributed by atoms with E-state index in [1.807, 2.05) is 7.05 Å². The molecule has 0 saturated heterocycles. The zero-order valence-corrected chi connectivity index (χ0v) is 11.8. The minimum absolute atomic E-state index is 0.421. The first-order valence-corrected chi connectivity index (χ1v) is 6.53. The van der Waals surface area contributed by atoms with Gasteiger partial charge in [0.05, 0.1) is 0 Å². The molecule has 0 spiro atoms. The lowest BCUT2D eigenvalue weighted by atomic mass is 10.1. The van der Waals surface area contributed by atoms with Crippen LogP contribution in [0.4, 0.5) is 5.69 Å². The number of nitrogens with one attached hydrogen (secondary N) is 1. The average molecular weight is 234 g/mol. The van der Waals surface area contributed by atoms with Gasteiger partial charge in [-0.2, -0.15) is 0 Å². The fraction of sp³-hybridized carbons (Fsp3) is 0.600. The Morgan fingerprint density at radius 2 is 1.71 bits per heavy atom. The first-order chi connectivity index (χ1) is 8.04. The molecule has 96 valence electrons. The van der Waals surface area contributed by atoms with Crippen molar-refractivity contribution in [2.75, 3.05) is 25.5 Å². The molecule has 0 aliphatic rings. The Labute approximate surface area is 106 Å². The molecule has 1 atom stereocenters. The quantitative estimate of drug-likeness (QED) is 0.811. The largest absolute Gasteiger partial charge is 0.375 e. The van der Waals surface area contributed by atoms with Crippen molar-refractivity contribution in [1.29, 1.82) is 0 Å². The molecule has 0 heterocycles. The molecule has 0 bridgehead atoms. The summed E-state index contributed by atoms with van der Waals surface area (Å²) in [5.41, 5.74) is 2.64. The Hall–Kier alpha value is -1.02. The summed E-state index contributed by atoms with van der Waals surface area (Å²) in [5.74, 6) is 0.765. The number of anilines is 1. The molecule has 0 aliphatic carbocycles. The Balaban J connectivity index is 2.60. The summed E-state index contributed by atoms with van der Waals surface area (Å²) < 4.78 is 0. The molecule has 2 nitrogen and oxygen atoms in total. The average Bonchev–Trinajstić information content (AvgIpc) is 2.35. The van der Waals surface area contributed by atoms with Gasteiger partial charge in [0.2, 0.25) is 0 Å². The van der Waals surface area contributed by atoms with Crippen LogP contribution in [0.1, 0.15) is 38.8 Å². The minimum Gasteiger partial charge on any atom is -0.375 e. The molecule has 1 rings (SSSR count). The van der Waals surface area contributed by atoms with E-state index in [0.717, 1.165) is 12.5 Å². The van der Waals surface area contributed by atoms with Gasteiger partial charge in [-0.25, -0.2) is 0 Å². The predicted molar refractivity (Wildman–Crippen MR) is 76.6 cm³/mol. The van der Waals surface area contributed by atoms with E-state index in [-0.39, 0.29) is 0 Å². The van der Waals surface area contributed by atoms with Crippen LogP contribution in [0.2, 0.25) is 0 Å². The monoisotopic (exact) mass is 234 g/mol. The molecule has 17 heavy (non-hydrogen) atoms. The van der Waals surface area contributed by atoms with Crippen LogP contribution >= 0.6 is 0 Å². The van der Waals surface area contributed by atoms with E-state index in [9.17, 15) is 0 Å². The van der Waals surface area contributed by atoms with Crippen LogP contribution in [-0.4, -0.2) is 20.6 Å². The minimum atomic E-state index is 0.421. The van der Waals surface area contributed by atoms with Crippen LogP contribution in [-0.2, 0) is 0 Å². The van der Waals surface area contributed by atoms with E-state index in [1.54, 1.807) is 0 Å². The highest BCUT2D eigenvalue weighted by Gasteiger charge is 2.05. The van der Waals surface area contributed by atoms with Crippen molar-refractivity contribution in [3.05, 3.63) is 29.8 Å². The summed E-state index contributed by atoms with van der Waals surface area (Å²) in [7, 11) is 4.16. The third-order valence-corrected chi connectivity index (χ3v) is 3.31. The van der Waals surface area contributed by atoms with Gasteiger partial charge in [0.15, 0.2) is 0 Å². The van der Waals surface area contributed by atoms with E-state index < -0.39 is 0 Å². The summed E-state index contributed by atoms with van der Waals surface area (Å²) in [4.78, 5) is 2.33. The van der Waals surface area contributed by atoms with Gasteiger partial charge in [-0.15, -0.1) is 0 Å². The third-order valence-electron chi connectivity index (χ3n) is 3.31. The van der Waals surface area contributed by atoms with Gasteiger partial charge in [0, 0.05) is 25.3 Å². The number of benzene rings is 1. The second-order valence-electron chi connectivity index (χ2n) is 5.21. The van der Waals surface area contributed by atoms with Gasteiger partial charge in [0.1, 0.15) is 0 Å². The molecular formula is C15H26N2. The van der Waals surface area contributed by atoms with Gasteiger partial charge >= 0.3 is 0 Å². The summed E-state index contributed by atoms with van der Waals surface area (Å²) in [6.07, 6.45) is 1.24. The van der Waals surface area contributed by atoms with Crippen LogP contribution < -0.4 is 10.2 Å². The highest BCUT2D eigenvalue weighted by Crippen LogP contribution is 2.18. The van der Waals surface area contributed by atoms with Crippen molar-refractivity contribution >= 4 is 5.69 Å². The zero-order chi connectivity index (χ0) is 12.8. The molecule has 0 radical (unpaired) electrons. The molecule has 0 amide bonds. The summed E-state index contributed by atoms with van der Waals surface area (Å²) in [5, 5.41) is 3.26. The predicted octanol–water partition coefficient (Wildman–Crippen LogP) is 3.45. The van der Waals surface area contributed by atoms with E-state index in [1.165, 1.54) is 17.7 Å². The van der Waals surface area contributed by atoms with Gasteiger partial charge in [-0.1, -0.05) is 26.0 Å². The Morgan fingerprint density at radius 3 is 2.18 bits per heavy atom. The fourth-order valence-electron chi connectivity index (χ4n) is 1.77. The number of rotatable bonds is 6. The Morgan fingerprint density at radius 1 is 1.12 bits per heavy atom. The van der Waals surface area contributed by atoms with Gasteiger partial charge < -0.3 is 10.2 Å². The molecule has 0 fully saturated rings. The highest BCUT2D eigenvalue weighted by molar-refractivity contribution is 5.47. The van der Waals surface area contributed by atoms with E-state index >= 15 is 0 Å².